The zero-order chi connectivity index (χ0) is 14.7. The van der Waals surface area contributed by atoms with E-state index >= 15 is 0 Å². The molecule has 2 aromatic rings. The highest BCUT2D eigenvalue weighted by Gasteiger charge is 2.14. The summed E-state index contributed by atoms with van der Waals surface area (Å²) in [6, 6.07) is 12.2. The number of hydrogen-bond donors (Lipinski definition) is 1. The standard InChI is InChI=1S/C15H14N2O4/c18-17(19)13-4-2-1-3-12(13)16-10-11-5-6-14-15(9-11)21-8-7-20-14/h1-6,9,16H,7-8,10H2. The van der Waals surface area contributed by atoms with E-state index < -0.39 is 4.92 Å². The molecule has 0 bridgehead atoms. The van der Waals surface area contributed by atoms with Gasteiger partial charge in [0.15, 0.2) is 11.5 Å². The van der Waals surface area contributed by atoms with E-state index in [0.717, 1.165) is 11.3 Å². The minimum atomic E-state index is -0.397. The number of nitrogens with zero attached hydrogens (tertiary/aromatic N) is 1. The summed E-state index contributed by atoms with van der Waals surface area (Å²) in [5, 5.41) is 14.0. The smallest absolute Gasteiger partial charge is 0.292 e. The molecule has 1 heterocycles. The van der Waals surface area contributed by atoms with E-state index in [1.807, 2.05) is 18.2 Å². The molecule has 0 atom stereocenters. The zero-order valence-corrected chi connectivity index (χ0v) is 11.2. The number of ether oxygens (including phenoxy) is 2. The summed E-state index contributed by atoms with van der Waals surface area (Å²) in [6.07, 6.45) is 0. The molecule has 0 spiro atoms. The molecule has 0 saturated carbocycles. The van der Waals surface area contributed by atoms with Crippen LogP contribution >= 0.6 is 0 Å². The third-order valence-electron chi connectivity index (χ3n) is 3.19. The lowest BCUT2D eigenvalue weighted by Crippen LogP contribution is -2.15. The van der Waals surface area contributed by atoms with Gasteiger partial charge in [-0.2, -0.15) is 0 Å². The summed E-state index contributed by atoms with van der Waals surface area (Å²) in [7, 11) is 0. The fourth-order valence-electron chi connectivity index (χ4n) is 2.18. The highest BCUT2D eigenvalue weighted by Crippen LogP contribution is 2.31. The fourth-order valence-corrected chi connectivity index (χ4v) is 2.18. The maximum Gasteiger partial charge on any atom is 0.292 e. The van der Waals surface area contributed by atoms with Crippen molar-refractivity contribution in [2.24, 2.45) is 0 Å². The Hall–Kier alpha value is -2.76. The lowest BCUT2D eigenvalue weighted by Gasteiger charge is -2.19. The van der Waals surface area contributed by atoms with Gasteiger partial charge in [-0.25, -0.2) is 0 Å². The summed E-state index contributed by atoms with van der Waals surface area (Å²) in [4.78, 5) is 10.6. The van der Waals surface area contributed by atoms with Crippen LogP contribution in [0.4, 0.5) is 11.4 Å². The van der Waals surface area contributed by atoms with Crippen molar-refractivity contribution in [3.8, 4) is 11.5 Å². The Morgan fingerprint density at radius 2 is 1.86 bits per heavy atom. The molecule has 1 N–H and O–H groups in total. The summed E-state index contributed by atoms with van der Waals surface area (Å²) in [5.74, 6) is 1.44. The van der Waals surface area contributed by atoms with Crippen LogP contribution in [-0.4, -0.2) is 18.1 Å². The summed E-state index contributed by atoms with van der Waals surface area (Å²) in [6.45, 7) is 1.57. The van der Waals surface area contributed by atoms with Crippen molar-refractivity contribution in [3.05, 3.63) is 58.1 Å². The summed E-state index contributed by atoms with van der Waals surface area (Å²) in [5.41, 5.74) is 1.53. The van der Waals surface area contributed by atoms with Crippen molar-refractivity contribution in [1.29, 1.82) is 0 Å². The predicted molar refractivity (Wildman–Crippen MR) is 77.9 cm³/mol. The van der Waals surface area contributed by atoms with Gasteiger partial charge in [-0.3, -0.25) is 10.1 Å². The molecule has 0 aromatic heterocycles. The van der Waals surface area contributed by atoms with E-state index in [-0.39, 0.29) is 5.69 Å². The van der Waals surface area contributed by atoms with Crippen molar-refractivity contribution in [1.82, 2.24) is 0 Å². The zero-order valence-electron chi connectivity index (χ0n) is 11.2. The van der Waals surface area contributed by atoms with E-state index in [1.54, 1.807) is 18.2 Å². The molecule has 1 aliphatic heterocycles. The van der Waals surface area contributed by atoms with Gasteiger partial charge in [-0.1, -0.05) is 18.2 Å². The number of hydrogen-bond acceptors (Lipinski definition) is 5. The average Bonchev–Trinajstić information content (AvgIpc) is 2.53. The predicted octanol–water partition coefficient (Wildman–Crippen LogP) is 2.98. The second-order valence-corrected chi connectivity index (χ2v) is 4.61. The van der Waals surface area contributed by atoms with Crippen LogP contribution in [0.2, 0.25) is 0 Å². The summed E-state index contributed by atoms with van der Waals surface area (Å²) >= 11 is 0. The molecule has 6 nitrogen and oxygen atoms in total. The van der Waals surface area contributed by atoms with Gasteiger partial charge >= 0.3 is 0 Å². The Labute approximate surface area is 121 Å². The lowest BCUT2D eigenvalue weighted by molar-refractivity contribution is -0.384. The molecule has 21 heavy (non-hydrogen) atoms. The number of rotatable bonds is 4. The largest absolute Gasteiger partial charge is 0.486 e. The monoisotopic (exact) mass is 286 g/mol. The molecule has 2 aromatic carbocycles. The number of nitro groups is 1. The average molecular weight is 286 g/mol. The fraction of sp³-hybridized carbons (Fsp3) is 0.200. The topological polar surface area (TPSA) is 73.6 Å². The Morgan fingerprint density at radius 1 is 1.10 bits per heavy atom. The van der Waals surface area contributed by atoms with Crippen LogP contribution < -0.4 is 14.8 Å². The van der Waals surface area contributed by atoms with Crippen molar-refractivity contribution in [3.63, 3.8) is 0 Å². The van der Waals surface area contributed by atoms with Crippen LogP contribution in [0.5, 0.6) is 11.5 Å². The molecule has 0 unspecified atom stereocenters. The second kappa shape index (κ2) is 5.70. The number of para-hydroxylation sites is 2. The third kappa shape index (κ3) is 2.89. The van der Waals surface area contributed by atoms with Crippen LogP contribution in [0.3, 0.4) is 0 Å². The molecule has 0 saturated heterocycles. The number of nitro benzene ring substituents is 1. The molecule has 0 amide bonds. The van der Waals surface area contributed by atoms with Gasteiger partial charge in [0, 0.05) is 12.6 Å². The van der Waals surface area contributed by atoms with E-state index in [1.165, 1.54) is 6.07 Å². The van der Waals surface area contributed by atoms with Crippen LogP contribution in [-0.2, 0) is 6.54 Å². The van der Waals surface area contributed by atoms with Crippen LogP contribution in [0.15, 0.2) is 42.5 Å². The van der Waals surface area contributed by atoms with E-state index in [9.17, 15) is 10.1 Å². The molecular weight excluding hydrogens is 272 g/mol. The first-order valence-corrected chi connectivity index (χ1v) is 6.60. The minimum Gasteiger partial charge on any atom is -0.486 e. The number of nitrogens with one attached hydrogen (secondary N) is 1. The SMILES string of the molecule is O=[N+]([O-])c1ccccc1NCc1ccc2c(c1)OCCO2. The van der Waals surface area contributed by atoms with Gasteiger partial charge in [0.25, 0.3) is 5.69 Å². The molecule has 0 radical (unpaired) electrons. The molecule has 6 heteroatoms. The van der Waals surface area contributed by atoms with Gasteiger partial charge < -0.3 is 14.8 Å². The number of anilines is 1. The van der Waals surface area contributed by atoms with Crippen molar-refractivity contribution in [2.45, 2.75) is 6.54 Å². The van der Waals surface area contributed by atoms with Gasteiger partial charge in [0.05, 0.1) is 4.92 Å². The first-order valence-electron chi connectivity index (χ1n) is 6.60. The lowest BCUT2D eigenvalue weighted by atomic mass is 10.2. The molecule has 3 rings (SSSR count). The molecule has 0 fully saturated rings. The maximum atomic E-state index is 11.0. The highest BCUT2D eigenvalue weighted by molar-refractivity contribution is 5.61. The minimum absolute atomic E-state index is 0.0649. The van der Waals surface area contributed by atoms with Crippen molar-refractivity contribution in [2.75, 3.05) is 18.5 Å². The Morgan fingerprint density at radius 3 is 2.67 bits per heavy atom. The second-order valence-electron chi connectivity index (χ2n) is 4.61. The molecule has 1 aliphatic rings. The van der Waals surface area contributed by atoms with Gasteiger partial charge in [0.1, 0.15) is 18.9 Å². The first-order chi connectivity index (χ1) is 10.2. The Balaban J connectivity index is 1.75. The Kier molecular flexibility index (Phi) is 3.59. The van der Waals surface area contributed by atoms with Crippen LogP contribution in [0.25, 0.3) is 0 Å². The third-order valence-corrected chi connectivity index (χ3v) is 3.19. The van der Waals surface area contributed by atoms with Crippen molar-refractivity contribution >= 4 is 11.4 Å². The highest BCUT2D eigenvalue weighted by atomic mass is 16.6. The maximum absolute atomic E-state index is 11.0. The molecule has 0 aliphatic carbocycles. The van der Waals surface area contributed by atoms with Crippen LogP contribution in [0.1, 0.15) is 5.56 Å². The number of fused-ring (bicyclic) bond motifs is 1. The van der Waals surface area contributed by atoms with E-state index in [0.29, 0.717) is 31.2 Å². The molecular formula is C15H14N2O4. The Bertz CT molecular complexity index is 672. The van der Waals surface area contributed by atoms with Gasteiger partial charge in [-0.15, -0.1) is 0 Å². The first kappa shape index (κ1) is 13.2. The summed E-state index contributed by atoms with van der Waals surface area (Å²) < 4.78 is 11.0. The normalized spacial score (nSPS) is 12.8. The van der Waals surface area contributed by atoms with Gasteiger partial charge in [0.2, 0.25) is 0 Å². The van der Waals surface area contributed by atoms with E-state index in [4.69, 9.17) is 9.47 Å². The number of benzene rings is 2. The van der Waals surface area contributed by atoms with E-state index in [2.05, 4.69) is 5.32 Å². The van der Waals surface area contributed by atoms with Crippen LogP contribution in [0, 0.1) is 10.1 Å². The molecule has 108 valence electrons. The van der Waals surface area contributed by atoms with Gasteiger partial charge in [-0.05, 0) is 23.8 Å². The quantitative estimate of drug-likeness (QED) is 0.691. The van der Waals surface area contributed by atoms with Crippen molar-refractivity contribution < 1.29 is 14.4 Å².